The number of imide groups is 1. The monoisotopic (exact) mass is 1370 g/mol. The van der Waals surface area contributed by atoms with Crippen molar-refractivity contribution in [2.75, 3.05) is 46.6 Å². The average Bonchev–Trinajstić information content (AvgIpc) is 1.55. The quantitative estimate of drug-likeness (QED) is 0.0327. The lowest BCUT2D eigenvalue weighted by Crippen LogP contribution is -2.61. The van der Waals surface area contributed by atoms with Crippen molar-refractivity contribution in [1.82, 2.24) is 15.5 Å². The summed E-state index contributed by atoms with van der Waals surface area (Å²) in [5, 5.41) is 17.0. The largest absolute Gasteiger partial charge is 0.461 e. The van der Waals surface area contributed by atoms with Gasteiger partial charge in [0.1, 0.15) is 48.7 Å². The molecule has 21 atom stereocenters. The molecule has 6 unspecified atom stereocenters. The van der Waals surface area contributed by atoms with Crippen LogP contribution in [0.1, 0.15) is 154 Å². The number of primary amides is 1. The maximum Gasteiger partial charge on any atom is 0.312 e. The molecule has 1 aromatic carbocycles. The molecule has 10 fully saturated rings. The van der Waals surface area contributed by atoms with Gasteiger partial charge in [-0.3, -0.25) is 38.5 Å². The minimum atomic E-state index is -0.983. The highest BCUT2D eigenvalue weighted by Gasteiger charge is 2.69. The summed E-state index contributed by atoms with van der Waals surface area (Å²) in [7, 11) is 1.60. The minimum Gasteiger partial charge on any atom is -0.461 e. The van der Waals surface area contributed by atoms with E-state index in [2.05, 4.69) is 30.7 Å². The topological polar surface area (TPSA) is 321 Å². The van der Waals surface area contributed by atoms with E-state index in [0.717, 1.165) is 48.2 Å². The lowest BCUT2D eigenvalue weighted by molar-refractivity contribution is -0.292. The van der Waals surface area contributed by atoms with Crippen LogP contribution in [0.25, 0.3) is 0 Å². The van der Waals surface area contributed by atoms with E-state index in [0.29, 0.717) is 49.7 Å². The highest BCUT2D eigenvalue weighted by atomic mass is 16.8. The van der Waals surface area contributed by atoms with E-state index in [1.165, 1.54) is 12.2 Å². The first-order chi connectivity index (χ1) is 47.1. The van der Waals surface area contributed by atoms with Crippen LogP contribution in [0.2, 0.25) is 0 Å². The normalized spacial score (nSPS) is 34.5. The van der Waals surface area contributed by atoms with Crippen LogP contribution in [0, 0.1) is 23.7 Å². The van der Waals surface area contributed by atoms with Gasteiger partial charge < -0.3 is 78.3 Å². The summed E-state index contributed by atoms with van der Waals surface area (Å²) in [6.07, 6.45) is 4.61. The van der Waals surface area contributed by atoms with E-state index in [-0.39, 0.29) is 206 Å². The zero-order valence-electron chi connectivity index (χ0n) is 57.2. The third-order valence-corrected chi connectivity index (χ3v) is 21.7. The number of hydrogen-bond acceptors (Lipinski definition) is 21. The number of nitrogens with two attached hydrogens (primary N) is 1. The van der Waals surface area contributed by atoms with E-state index < -0.39 is 78.2 Å². The fourth-order valence-electron chi connectivity index (χ4n) is 16.3. The van der Waals surface area contributed by atoms with Crippen LogP contribution in [0.4, 0.5) is 4.79 Å². The number of urea groups is 1. The Labute approximate surface area is 573 Å². The van der Waals surface area contributed by atoms with Crippen LogP contribution in [0.15, 0.2) is 60.7 Å². The maximum atomic E-state index is 14.6. The predicted octanol–water partition coefficient (Wildman–Crippen LogP) is 5.63. The zero-order valence-corrected chi connectivity index (χ0v) is 57.2. The number of rotatable bonds is 29. The summed E-state index contributed by atoms with van der Waals surface area (Å²) in [6.45, 7) is 15.6. The molecule has 11 aliphatic rings. The molecule has 5 amide bonds. The number of fused-ring (bicyclic) bond motifs is 6. The molecule has 25 heteroatoms. The molecular weight excluding hydrogens is 1270 g/mol. The molecule has 0 radical (unpaired) electrons. The van der Waals surface area contributed by atoms with Crippen LogP contribution in [0.3, 0.4) is 0 Å². The van der Waals surface area contributed by atoms with Gasteiger partial charge in [-0.15, -0.1) is 0 Å². The van der Waals surface area contributed by atoms with Gasteiger partial charge in [-0.25, -0.2) is 4.79 Å². The summed E-state index contributed by atoms with van der Waals surface area (Å²) in [5.41, 5.74) is 8.63. The molecule has 98 heavy (non-hydrogen) atoms. The van der Waals surface area contributed by atoms with Gasteiger partial charge in [0.25, 0.3) is 11.8 Å². The Morgan fingerprint density at radius 1 is 0.745 bits per heavy atom. The second-order valence-electron chi connectivity index (χ2n) is 29.1. The van der Waals surface area contributed by atoms with Crippen molar-refractivity contribution in [3.05, 3.63) is 71.8 Å². The number of esters is 1. The smallest absolute Gasteiger partial charge is 0.312 e. The molecule has 10 saturated heterocycles. The van der Waals surface area contributed by atoms with Crippen LogP contribution < -0.4 is 16.4 Å². The Kier molecular flexibility index (Phi) is 25.1. The summed E-state index contributed by atoms with van der Waals surface area (Å²) in [6, 6.07) is 5.30. The van der Waals surface area contributed by atoms with Gasteiger partial charge in [0, 0.05) is 102 Å². The summed E-state index contributed by atoms with van der Waals surface area (Å²) < 4.78 is 77.6. The third kappa shape index (κ3) is 18.3. The number of aliphatic hydroxyl groups excluding tert-OH is 1. The highest BCUT2D eigenvalue weighted by Crippen LogP contribution is 2.55. The van der Waals surface area contributed by atoms with Crippen molar-refractivity contribution in [1.29, 1.82) is 0 Å². The van der Waals surface area contributed by atoms with Gasteiger partial charge in [-0.2, -0.15) is 0 Å². The SMILES string of the molecule is C=C1CC2CC[C@@]34CC5O[C@H]6[C@@H](O3)[C@H]3OC(CC[C@@H]3O[C@H]6C5O4)CC(=O)C[C@H]3[C@H](C[C@H]4OC(CC[C@@H]1O2)C[C@@H](C)C4=C)OC(C[C@H](O)CCC(=O)OCc1ccc(CC(=O)[C@H](CCCNC(N)=O)NC(=O)[C@@H](CC(=O)CCOCCOCCN2C(=O)C=CC2=O)C(C)C)cc1)[C@@H]3OC. The van der Waals surface area contributed by atoms with Gasteiger partial charge in [-0.05, 0) is 98.3 Å². The third-order valence-electron chi connectivity index (χ3n) is 21.7. The number of Topliss-reactive ketones (excluding diaryl/α,β-unsaturated/α-hetero) is 3. The Morgan fingerprint density at radius 3 is 2.20 bits per heavy atom. The lowest BCUT2D eigenvalue weighted by Gasteiger charge is -2.47. The van der Waals surface area contributed by atoms with Gasteiger partial charge in [0.15, 0.2) is 11.6 Å². The minimum absolute atomic E-state index is 0.0104. The first-order valence-electron chi connectivity index (χ1n) is 35.8. The van der Waals surface area contributed by atoms with Crippen LogP contribution in [-0.2, 0) is 103 Å². The van der Waals surface area contributed by atoms with Crippen LogP contribution in [0.5, 0.6) is 0 Å². The van der Waals surface area contributed by atoms with Crippen molar-refractivity contribution in [3.8, 4) is 0 Å². The predicted molar refractivity (Wildman–Crippen MR) is 350 cm³/mol. The lowest BCUT2D eigenvalue weighted by atomic mass is 9.81. The van der Waals surface area contributed by atoms with Crippen molar-refractivity contribution >= 4 is 47.1 Å². The average molecular weight is 1370 g/mol. The van der Waals surface area contributed by atoms with Gasteiger partial charge in [0.05, 0.1) is 106 Å². The van der Waals surface area contributed by atoms with Crippen LogP contribution >= 0.6 is 0 Å². The fourth-order valence-corrected chi connectivity index (χ4v) is 16.3. The van der Waals surface area contributed by atoms with Gasteiger partial charge in [-0.1, -0.05) is 58.2 Å². The summed E-state index contributed by atoms with van der Waals surface area (Å²) in [5.74, 6) is -4.31. The standard InChI is InChI=1S/C73H102N4O21/c1-40(2)52(34-47(79)22-26-88-28-29-89-27-25-77-62(82)18-19-63(77)83)71(85)76-54(8-7-24-75-72(74)86)55(81)32-44-9-11-45(12-10-44)39-90-64(84)20-13-46(78)36-60-65(87-6)53-35-48(80)33-50-15-17-57-66(93-50)70-69-68(95-57)67-61(96-69)38-73(97-67,98-70)23-21-51-31-42(4)56(91-51)16-14-49-30-41(3)43(5)58(92-49)37-59(53)94-60/h9-12,18-19,40-41,46,49-54,56-61,65-70,78H,4-5,7-8,13-17,20-39H2,1-3,6H3,(H,76,85)(H3,74,75,86)/t41-,46-,49?,50?,51?,52+,53+,54+,56+,57+,58-,59+,60?,61?,65-,66+,67?,68+,69-,70+,73+/m1/s1. The number of carbonyl (C=O) groups is 8. The number of benzene rings is 1. The van der Waals surface area contributed by atoms with E-state index in [1.807, 2.05) is 13.8 Å². The molecule has 540 valence electrons. The van der Waals surface area contributed by atoms with Crippen LogP contribution in [-0.4, -0.2) is 213 Å². The second kappa shape index (κ2) is 33.4. The Balaban J connectivity index is 0.658. The van der Waals surface area contributed by atoms with Crippen molar-refractivity contribution in [2.24, 2.45) is 29.4 Å². The first-order valence-corrected chi connectivity index (χ1v) is 35.8. The Hall–Kier alpha value is -5.68. The molecule has 5 N–H and O–H groups in total. The number of nitrogens with one attached hydrogen (secondary N) is 2. The maximum absolute atomic E-state index is 14.6. The van der Waals surface area contributed by atoms with Crippen molar-refractivity contribution < 1.29 is 100 Å². The number of hydrogen-bond donors (Lipinski definition) is 4. The first kappa shape index (κ1) is 73.5. The summed E-state index contributed by atoms with van der Waals surface area (Å²) in [4.78, 5) is 105. The molecule has 0 aromatic heterocycles. The molecule has 11 heterocycles. The molecule has 1 spiro atoms. The van der Waals surface area contributed by atoms with Gasteiger partial charge >= 0.3 is 12.0 Å². The van der Waals surface area contributed by atoms with E-state index in [1.54, 1.807) is 31.4 Å². The Bertz CT molecular complexity index is 3050. The molecule has 25 nitrogen and oxygen atoms in total. The number of ether oxygens (including phenoxy) is 12. The Morgan fingerprint density at radius 2 is 1.45 bits per heavy atom. The van der Waals surface area contributed by atoms with E-state index in [9.17, 15) is 43.5 Å². The second-order valence-corrected chi connectivity index (χ2v) is 29.1. The molecule has 12 bridgehead atoms. The molecule has 0 saturated carbocycles. The van der Waals surface area contributed by atoms with Gasteiger partial charge in [0.2, 0.25) is 5.91 Å². The van der Waals surface area contributed by atoms with E-state index >= 15 is 0 Å². The number of nitrogens with zero attached hydrogens (tertiary/aromatic N) is 1. The number of ketones is 3. The zero-order chi connectivity index (χ0) is 69.4. The van der Waals surface area contributed by atoms with Crippen molar-refractivity contribution in [2.45, 2.75) is 265 Å². The molecule has 1 aromatic rings. The number of methoxy groups -OCH3 is 1. The number of carbonyl (C=O) groups excluding carboxylic acids is 8. The summed E-state index contributed by atoms with van der Waals surface area (Å²) >= 11 is 0. The number of aliphatic hydroxyl groups is 1. The number of amides is 5. The van der Waals surface area contributed by atoms with E-state index in [4.69, 9.17) is 62.6 Å². The fraction of sp³-hybridized carbons (Fsp3) is 0.726. The molecule has 12 rings (SSSR count). The highest BCUT2D eigenvalue weighted by molar-refractivity contribution is 6.12. The molecule has 0 aliphatic carbocycles. The molecule has 11 aliphatic heterocycles. The molecular formula is C73H102N4O21. The van der Waals surface area contributed by atoms with Crippen molar-refractivity contribution in [3.63, 3.8) is 0 Å².